The SMILES string of the molecule is O=C(NCc1ccc2nonc2c1)[C@@H](CC1CCCCC1)Nc1cc(-n2cccc2)nc(NCc2ccc(Cl)cc2)n1. The van der Waals surface area contributed by atoms with Crippen LogP contribution in [0.1, 0.15) is 49.7 Å². The van der Waals surface area contributed by atoms with Gasteiger partial charge >= 0.3 is 0 Å². The molecule has 0 unspecified atom stereocenters. The van der Waals surface area contributed by atoms with Crippen molar-refractivity contribution in [2.75, 3.05) is 10.6 Å². The van der Waals surface area contributed by atoms with E-state index in [4.69, 9.17) is 26.2 Å². The predicted molar refractivity (Wildman–Crippen MR) is 162 cm³/mol. The number of nitrogens with one attached hydrogen (secondary N) is 3. The zero-order chi connectivity index (χ0) is 28.7. The molecule has 0 radical (unpaired) electrons. The van der Waals surface area contributed by atoms with E-state index in [0.29, 0.717) is 52.6 Å². The molecule has 1 saturated carbocycles. The number of amides is 1. The largest absolute Gasteiger partial charge is 0.358 e. The Morgan fingerprint density at radius 3 is 2.50 bits per heavy atom. The number of aromatic nitrogens is 5. The summed E-state index contributed by atoms with van der Waals surface area (Å²) in [5.74, 6) is 2.15. The van der Waals surface area contributed by atoms with Crippen molar-refractivity contribution in [2.24, 2.45) is 5.92 Å². The minimum absolute atomic E-state index is 0.0734. The fourth-order valence-corrected chi connectivity index (χ4v) is 5.53. The molecular weight excluding hydrogens is 552 g/mol. The lowest BCUT2D eigenvalue weighted by Crippen LogP contribution is -2.41. The van der Waals surface area contributed by atoms with Crippen LogP contribution in [0, 0.1) is 5.92 Å². The lowest BCUT2D eigenvalue weighted by Gasteiger charge is -2.27. The van der Waals surface area contributed by atoms with Crippen LogP contribution in [0.25, 0.3) is 16.9 Å². The average Bonchev–Trinajstić information content (AvgIpc) is 3.72. The number of fused-ring (bicyclic) bond motifs is 1. The van der Waals surface area contributed by atoms with Gasteiger partial charge in [0, 0.05) is 36.6 Å². The minimum Gasteiger partial charge on any atom is -0.358 e. The van der Waals surface area contributed by atoms with Crippen LogP contribution in [0.15, 0.2) is 77.7 Å². The van der Waals surface area contributed by atoms with E-state index in [1.807, 2.05) is 77.6 Å². The number of anilines is 2. The van der Waals surface area contributed by atoms with Crippen LogP contribution < -0.4 is 16.0 Å². The number of benzene rings is 2. The standard InChI is InChI=1S/C31H33ClN8O2/c32-24-11-8-22(9-12-24)19-34-31-36-28(18-29(37-31)40-14-4-5-15-40)35-27(16-21-6-2-1-3-7-21)30(41)33-20-23-10-13-25-26(17-23)39-42-38-25/h4-5,8-15,17-18,21,27H,1-3,6-7,16,19-20H2,(H,33,41)(H2,34,35,36,37)/t27-/m1/s1. The highest BCUT2D eigenvalue weighted by atomic mass is 35.5. The van der Waals surface area contributed by atoms with Gasteiger partial charge in [-0.25, -0.2) is 4.63 Å². The predicted octanol–water partition coefficient (Wildman–Crippen LogP) is 6.14. The molecule has 3 N–H and O–H groups in total. The van der Waals surface area contributed by atoms with Gasteiger partial charge in [-0.2, -0.15) is 9.97 Å². The van der Waals surface area contributed by atoms with Gasteiger partial charge in [-0.05, 0) is 70.2 Å². The molecule has 10 nitrogen and oxygen atoms in total. The van der Waals surface area contributed by atoms with Crippen molar-refractivity contribution in [2.45, 2.75) is 57.7 Å². The fourth-order valence-electron chi connectivity index (χ4n) is 5.41. The topological polar surface area (TPSA) is 123 Å². The normalized spacial score (nSPS) is 14.5. The Hall–Kier alpha value is -4.44. The second-order valence-corrected chi connectivity index (χ2v) is 11.2. The Balaban J connectivity index is 1.22. The van der Waals surface area contributed by atoms with E-state index in [-0.39, 0.29) is 5.91 Å². The summed E-state index contributed by atoms with van der Waals surface area (Å²) in [6.45, 7) is 0.903. The second-order valence-electron chi connectivity index (χ2n) is 10.7. The summed E-state index contributed by atoms with van der Waals surface area (Å²) in [7, 11) is 0. The molecule has 5 aromatic rings. The molecule has 216 valence electrons. The zero-order valence-corrected chi connectivity index (χ0v) is 23.9. The van der Waals surface area contributed by atoms with E-state index in [1.165, 1.54) is 19.3 Å². The maximum atomic E-state index is 13.6. The van der Waals surface area contributed by atoms with Crippen molar-refractivity contribution in [1.82, 2.24) is 30.2 Å². The lowest BCUT2D eigenvalue weighted by molar-refractivity contribution is -0.122. The van der Waals surface area contributed by atoms with Gasteiger partial charge in [-0.1, -0.05) is 61.9 Å². The zero-order valence-electron chi connectivity index (χ0n) is 23.2. The van der Waals surface area contributed by atoms with Gasteiger partial charge < -0.3 is 20.5 Å². The van der Waals surface area contributed by atoms with Gasteiger partial charge in [0.05, 0.1) is 0 Å². The minimum atomic E-state index is -0.456. The lowest BCUT2D eigenvalue weighted by atomic mass is 9.84. The Morgan fingerprint density at radius 1 is 0.929 bits per heavy atom. The Kier molecular flexibility index (Phi) is 8.60. The number of hydrogen-bond acceptors (Lipinski definition) is 8. The van der Waals surface area contributed by atoms with Gasteiger partial charge in [-0.3, -0.25) is 4.79 Å². The van der Waals surface area contributed by atoms with E-state index in [2.05, 4.69) is 26.3 Å². The maximum Gasteiger partial charge on any atom is 0.242 e. The summed E-state index contributed by atoms with van der Waals surface area (Å²) in [5.41, 5.74) is 3.33. The first kappa shape index (κ1) is 27.7. The summed E-state index contributed by atoms with van der Waals surface area (Å²) in [6.07, 6.45) is 10.5. The summed E-state index contributed by atoms with van der Waals surface area (Å²) in [5, 5.41) is 18.4. The van der Waals surface area contributed by atoms with E-state index in [9.17, 15) is 4.79 Å². The number of nitrogens with zero attached hydrogens (tertiary/aromatic N) is 5. The van der Waals surface area contributed by atoms with Crippen LogP contribution in [0.5, 0.6) is 0 Å². The highest BCUT2D eigenvalue weighted by Crippen LogP contribution is 2.29. The van der Waals surface area contributed by atoms with Crippen molar-refractivity contribution >= 4 is 40.3 Å². The van der Waals surface area contributed by atoms with Crippen LogP contribution in [-0.4, -0.2) is 36.8 Å². The van der Waals surface area contributed by atoms with Crippen LogP contribution >= 0.6 is 11.6 Å². The van der Waals surface area contributed by atoms with Crippen LogP contribution in [0.2, 0.25) is 5.02 Å². The molecule has 1 fully saturated rings. The summed E-state index contributed by atoms with van der Waals surface area (Å²) in [6, 6.07) is 18.6. The molecule has 1 amide bonds. The van der Waals surface area contributed by atoms with Gasteiger partial charge in [0.2, 0.25) is 11.9 Å². The molecule has 11 heteroatoms. The van der Waals surface area contributed by atoms with Gasteiger partial charge in [0.15, 0.2) is 0 Å². The first-order chi connectivity index (χ1) is 20.6. The van der Waals surface area contributed by atoms with Crippen molar-refractivity contribution in [1.29, 1.82) is 0 Å². The third-order valence-corrected chi connectivity index (χ3v) is 7.91. The molecule has 3 heterocycles. The number of halogens is 1. The number of carbonyl (C=O) groups excluding carboxylic acids is 1. The molecule has 0 saturated heterocycles. The molecule has 6 rings (SSSR count). The Labute approximate surface area is 248 Å². The molecule has 1 aliphatic rings. The van der Waals surface area contributed by atoms with Crippen LogP contribution in [0.4, 0.5) is 11.8 Å². The molecule has 2 aromatic carbocycles. The number of hydrogen-bond donors (Lipinski definition) is 3. The van der Waals surface area contributed by atoms with Gasteiger partial charge in [0.25, 0.3) is 0 Å². The van der Waals surface area contributed by atoms with Crippen molar-refractivity contribution < 1.29 is 9.42 Å². The molecule has 42 heavy (non-hydrogen) atoms. The highest BCUT2D eigenvalue weighted by Gasteiger charge is 2.25. The summed E-state index contributed by atoms with van der Waals surface area (Å²) >= 11 is 6.05. The van der Waals surface area contributed by atoms with E-state index < -0.39 is 6.04 Å². The molecule has 3 aromatic heterocycles. The Morgan fingerprint density at radius 2 is 1.69 bits per heavy atom. The fraction of sp³-hybridized carbons (Fsp3) is 0.323. The molecule has 0 aliphatic heterocycles. The first-order valence-electron chi connectivity index (χ1n) is 14.4. The van der Waals surface area contributed by atoms with Crippen molar-refractivity contribution in [3.63, 3.8) is 0 Å². The van der Waals surface area contributed by atoms with Crippen molar-refractivity contribution in [3.8, 4) is 5.82 Å². The quantitative estimate of drug-likeness (QED) is 0.169. The highest BCUT2D eigenvalue weighted by molar-refractivity contribution is 6.30. The van der Waals surface area contributed by atoms with Crippen LogP contribution in [-0.2, 0) is 17.9 Å². The average molecular weight is 585 g/mol. The summed E-state index contributed by atoms with van der Waals surface area (Å²) < 4.78 is 6.73. The monoisotopic (exact) mass is 584 g/mol. The van der Waals surface area contributed by atoms with Crippen LogP contribution in [0.3, 0.4) is 0 Å². The third kappa shape index (κ3) is 7.06. The van der Waals surface area contributed by atoms with Gasteiger partial charge in [0.1, 0.15) is 28.7 Å². The number of rotatable bonds is 11. The number of carbonyl (C=O) groups is 1. The molecule has 0 spiro atoms. The summed E-state index contributed by atoms with van der Waals surface area (Å²) in [4.78, 5) is 23.1. The second kappa shape index (κ2) is 13.0. The van der Waals surface area contributed by atoms with Crippen molar-refractivity contribution in [3.05, 3.63) is 89.2 Å². The van der Waals surface area contributed by atoms with E-state index >= 15 is 0 Å². The first-order valence-corrected chi connectivity index (χ1v) is 14.7. The van der Waals surface area contributed by atoms with E-state index in [0.717, 1.165) is 30.4 Å². The molecular formula is C31H33ClN8O2. The third-order valence-electron chi connectivity index (χ3n) is 7.66. The van der Waals surface area contributed by atoms with Gasteiger partial charge in [-0.15, -0.1) is 0 Å². The molecule has 0 bridgehead atoms. The molecule has 1 atom stereocenters. The maximum absolute atomic E-state index is 13.6. The molecule has 1 aliphatic carbocycles. The smallest absolute Gasteiger partial charge is 0.242 e. The van der Waals surface area contributed by atoms with E-state index in [1.54, 1.807) is 0 Å². The Bertz CT molecular complexity index is 1610.